The molecule has 1 aliphatic heterocycles. The molecule has 1 fully saturated rings. The van der Waals surface area contributed by atoms with E-state index in [0.717, 1.165) is 44.9 Å². The molecular formula is C49H97NO9. The van der Waals surface area contributed by atoms with E-state index < -0.39 is 61.5 Å². The minimum absolute atomic E-state index is 0.250. The Kier molecular flexibility index (Phi) is 38.0. The number of amides is 1. The molecule has 8 unspecified atom stereocenters. The van der Waals surface area contributed by atoms with Gasteiger partial charge >= 0.3 is 0 Å². The monoisotopic (exact) mass is 844 g/mol. The second-order valence-corrected chi connectivity index (χ2v) is 18.1. The number of nitrogens with one attached hydrogen (secondary N) is 1. The number of aliphatic hydroxyl groups is 6. The van der Waals surface area contributed by atoms with E-state index in [1.165, 1.54) is 173 Å². The molecule has 7 N–H and O–H groups in total. The first-order valence-corrected chi connectivity index (χ1v) is 25.3. The van der Waals surface area contributed by atoms with Crippen molar-refractivity contribution in [3.63, 3.8) is 0 Å². The molecule has 0 bridgehead atoms. The summed E-state index contributed by atoms with van der Waals surface area (Å²) >= 11 is 0. The predicted molar refractivity (Wildman–Crippen MR) is 241 cm³/mol. The van der Waals surface area contributed by atoms with Crippen LogP contribution in [0.2, 0.25) is 0 Å². The number of aliphatic hydroxyl groups excluding tert-OH is 6. The summed E-state index contributed by atoms with van der Waals surface area (Å²) in [6.45, 7) is 3.68. The maximum Gasteiger partial charge on any atom is 0.249 e. The molecule has 352 valence electrons. The van der Waals surface area contributed by atoms with Crippen molar-refractivity contribution in [2.75, 3.05) is 13.2 Å². The van der Waals surface area contributed by atoms with E-state index >= 15 is 0 Å². The van der Waals surface area contributed by atoms with Crippen LogP contribution in [0.5, 0.6) is 0 Å². The molecule has 1 saturated heterocycles. The predicted octanol–water partition coefficient (Wildman–Crippen LogP) is 10.1. The van der Waals surface area contributed by atoms with Crippen molar-refractivity contribution >= 4 is 5.91 Å². The summed E-state index contributed by atoms with van der Waals surface area (Å²) in [7, 11) is 0. The Labute approximate surface area is 362 Å². The van der Waals surface area contributed by atoms with Crippen LogP contribution in [0.4, 0.5) is 0 Å². The highest BCUT2D eigenvalue weighted by Crippen LogP contribution is 2.23. The van der Waals surface area contributed by atoms with Crippen LogP contribution in [0.1, 0.15) is 245 Å². The third-order valence-electron chi connectivity index (χ3n) is 12.6. The fraction of sp³-hybridized carbons (Fsp3) is 0.980. The summed E-state index contributed by atoms with van der Waals surface area (Å²) in [5, 5.41) is 64.9. The smallest absolute Gasteiger partial charge is 0.249 e. The Hall–Kier alpha value is -0.850. The molecule has 1 rings (SSSR count). The van der Waals surface area contributed by atoms with Gasteiger partial charge in [-0.25, -0.2) is 0 Å². The summed E-state index contributed by atoms with van der Waals surface area (Å²) in [5.41, 5.74) is 0. The molecule has 10 heteroatoms. The van der Waals surface area contributed by atoms with Gasteiger partial charge in [0, 0.05) is 0 Å². The lowest BCUT2D eigenvalue weighted by molar-refractivity contribution is -0.302. The van der Waals surface area contributed by atoms with Crippen LogP contribution >= 0.6 is 0 Å². The molecular weight excluding hydrogens is 747 g/mol. The van der Waals surface area contributed by atoms with Crippen LogP contribution < -0.4 is 5.32 Å². The van der Waals surface area contributed by atoms with Crippen LogP contribution in [0.25, 0.3) is 0 Å². The molecule has 10 nitrogen and oxygen atoms in total. The zero-order chi connectivity index (χ0) is 43.2. The van der Waals surface area contributed by atoms with E-state index in [4.69, 9.17) is 9.47 Å². The Morgan fingerprint density at radius 3 is 1.20 bits per heavy atom. The second-order valence-electron chi connectivity index (χ2n) is 18.1. The first kappa shape index (κ1) is 56.2. The van der Waals surface area contributed by atoms with Gasteiger partial charge in [0.25, 0.3) is 0 Å². The lowest BCUT2D eigenvalue weighted by Crippen LogP contribution is -2.60. The van der Waals surface area contributed by atoms with Crippen molar-refractivity contribution in [3.8, 4) is 0 Å². The number of hydrogen-bond acceptors (Lipinski definition) is 9. The number of carbonyl (C=O) groups is 1. The van der Waals surface area contributed by atoms with Gasteiger partial charge in [0.05, 0.1) is 25.4 Å². The van der Waals surface area contributed by atoms with Gasteiger partial charge in [-0.05, 0) is 12.8 Å². The lowest BCUT2D eigenvalue weighted by Gasteiger charge is -2.40. The van der Waals surface area contributed by atoms with Crippen molar-refractivity contribution in [3.05, 3.63) is 0 Å². The molecule has 0 saturated carbocycles. The van der Waals surface area contributed by atoms with Gasteiger partial charge in [-0.3, -0.25) is 4.79 Å². The normalized spacial score (nSPS) is 21.1. The number of rotatable bonds is 43. The lowest BCUT2D eigenvalue weighted by atomic mass is 9.99. The quantitative estimate of drug-likeness (QED) is 0.0296. The number of unbranched alkanes of at least 4 members (excludes halogenated alkanes) is 32. The van der Waals surface area contributed by atoms with E-state index in [9.17, 15) is 35.4 Å². The average Bonchev–Trinajstić information content (AvgIpc) is 3.23. The summed E-state index contributed by atoms with van der Waals surface area (Å²) in [6.07, 6.45) is 34.5. The molecule has 8 atom stereocenters. The van der Waals surface area contributed by atoms with Crippen LogP contribution in [-0.4, -0.2) is 98.7 Å². The van der Waals surface area contributed by atoms with Gasteiger partial charge in [-0.15, -0.1) is 0 Å². The first-order chi connectivity index (χ1) is 28.8. The third-order valence-corrected chi connectivity index (χ3v) is 12.6. The van der Waals surface area contributed by atoms with E-state index in [1.54, 1.807) is 0 Å². The van der Waals surface area contributed by atoms with Gasteiger partial charge in [-0.2, -0.15) is 0 Å². The maximum absolute atomic E-state index is 13.1. The SMILES string of the molecule is CCCCCCCCCCCCCCCCCCCCCCCCC(O)C(=O)NC(COC1OC(CO)C(O)C(O)C1O)C(O)CCCCCCCCCCCCCC. The largest absolute Gasteiger partial charge is 0.394 e. The van der Waals surface area contributed by atoms with Crippen molar-refractivity contribution in [2.24, 2.45) is 0 Å². The Morgan fingerprint density at radius 2 is 0.847 bits per heavy atom. The van der Waals surface area contributed by atoms with E-state index in [0.29, 0.717) is 12.8 Å². The van der Waals surface area contributed by atoms with Crippen molar-refractivity contribution in [1.82, 2.24) is 5.32 Å². The van der Waals surface area contributed by atoms with E-state index in [2.05, 4.69) is 19.2 Å². The van der Waals surface area contributed by atoms with Crippen LogP contribution in [0.15, 0.2) is 0 Å². The number of ether oxygens (including phenoxy) is 2. The second kappa shape index (κ2) is 40.0. The zero-order valence-corrected chi connectivity index (χ0v) is 38.4. The molecule has 0 aliphatic carbocycles. The molecule has 1 aliphatic rings. The minimum atomic E-state index is -1.59. The molecule has 0 aromatic heterocycles. The summed E-state index contributed by atoms with van der Waals surface area (Å²) < 4.78 is 11.2. The van der Waals surface area contributed by atoms with Gasteiger partial charge in [0.2, 0.25) is 5.91 Å². The summed E-state index contributed by atoms with van der Waals surface area (Å²) in [4.78, 5) is 13.1. The molecule has 0 radical (unpaired) electrons. The maximum atomic E-state index is 13.1. The van der Waals surface area contributed by atoms with Crippen molar-refractivity contribution in [2.45, 2.75) is 294 Å². The first-order valence-electron chi connectivity index (χ1n) is 25.3. The van der Waals surface area contributed by atoms with Crippen molar-refractivity contribution in [1.29, 1.82) is 0 Å². The van der Waals surface area contributed by atoms with Crippen LogP contribution in [-0.2, 0) is 14.3 Å². The van der Waals surface area contributed by atoms with Gasteiger partial charge < -0.3 is 45.4 Å². The Bertz CT molecular complexity index is 911. The molecule has 1 heterocycles. The number of carbonyl (C=O) groups excluding carboxylic acids is 1. The highest BCUT2D eigenvalue weighted by Gasteiger charge is 2.44. The highest BCUT2D eigenvalue weighted by atomic mass is 16.7. The molecule has 0 spiro atoms. The standard InChI is InChI=1S/C49H97NO9/c1-3-5-7-9-11-13-15-17-18-19-20-21-22-23-24-25-26-28-30-32-34-36-38-43(53)48(57)50-41(40-58-49-47(56)46(55)45(54)44(39-51)59-49)42(52)37-35-33-31-29-27-16-14-12-10-8-6-4-2/h41-47,49,51-56H,3-40H2,1-2H3,(H,50,57). The Balaban J connectivity index is 2.27. The fourth-order valence-corrected chi connectivity index (χ4v) is 8.40. The zero-order valence-electron chi connectivity index (χ0n) is 38.4. The number of hydrogen-bond donors (Lipinski definition) is 7. The molecule has 1 amide bonds. The highest BCUT2D eigenvalue weighted by molar-refractivity contribution is 5.80. The van der Waals surface area contributed by atoms with Gasteiger partial charge in [0.1, 0.15) is 30.5 Å². The fourth-order valence-electron chi connectivity index (χ4n) is 8.40. The Morgan fingerprint density at radius 1 is 0.508 bits per heavy atom. The van der Waals surface area contributed by atoms with E-state index in [-0.39, 0.29) is 6.61 Å². The van der Waals surface area contributed by atoms with Gasteiger partial charge in [0.15, 0.2) is 6.29 Å². The topological polar surface area (TPSA) is 169 Å². The molecule has 0 aromatic rings. The van der Waals surface area contributed by atoms with E-state index in [1.807, 2.05) is 0 Å². The average molecular weight is 844 g/mol. The van der Waals surface area contributed by atoms with Crippen LogP contribution in [0, 0.1) is 0 Å². The molecule has 59 heavy (non-hydrogen) atoms. The minimum Gasteiger partial charge on any atom is -0.394 e. The van der Waals surface area contributed by atoms with Crippen LogP contribution in [0.3, 0.4) is 0 Å². The van der Waals surface area contributed by atoms with Crippen molar-refractivity contribution < 1.29 is 44.9 Å². The summed E-state index contributed by atoms with van der Waals surface area (Å²) in [6, 6.07) is -0.887. The third kappa shape index (κ3) is 30.0. The molecule has 0 aromatic carbocycles. The summed E-state index contributed by atoms with van der Waals surface area (Å²) in [5.74, 6) is -0.579. The van der Waals surface area contributed by atoms with Gasteiger partial charge in [-0.1, -0.05) is 232 Å².